The summed E-state index contributed by atoms with van der Waals surface area (Å²) in [5.41, 5.74) is -0.0615. The maximum Gasteiger partial charge on any atom is 0.166 e. The molecule has 0 aromatic heterocycles. The molecule has 0 aromatic carbocycles. The highest BCUT2D eigenvalue weighted by molar-refractivity contribution is 6.02. The van der Waals surface area contributed by atoms with Crippen molar-refractivity contribution < 1.29 is 9.53 Å². The van der Waals surface area contributed by atoms with Crippen LogP contribution in [0.1, 0.15) is 34.6 Å². The molecule has 2 nitrogen and oxygen atoms in total. The van der Waals surface area contributed by atoms with Crippen molar-refractivity contribution in [3.63, 3.8) is 0 Å². The Labute approximate surface area is 79.0 Å². The van der Waals surface area contributed by atoms with Crippen LogP contribution in [-0.2, 0) is 9.53 Å². The summed E-state index contributed by atoms with van der Waals surface area (Å²) in [6, 6.07) is 0. The van der Waals surface area contributed by atoms with Crippen molar-refractivity contribution in [3.05, 3.63) is 11.6 Å². The first-order valence-corrected chi connectivity index (χ1v) is 4.69. The molecule has 0 bridgehead atoms. The quantitative estimate of drug-likeness (QED) is 0.534. The fraction of sp³-hybridized carbons (Fsp3) is 0.727. The Hall–Kier alpha value is -0.630. The largest absolute Gasteiger partial charge is 0.358 e. The molecule has 2 rings (SSSR count). The molecule has 1 aliphatic heterocycles. The molecule has 1 heterocycles. The van der Waals surface area contributed by atoms with E-state index in [1.807, 2.05) is 40.7 Å². The summed E-state index contributed by atoms with van der Waals surface area (Å²) >= 11 is 0. The van der Waals surface area contributed by atoms with E-state index in [-0.39, 0.29) is 22.4 Å². The summed E-state index contributed by atoms with van der Waals surface area (Å²) in [6.45, 7) is 9.88. The van der Waals surface area contributed by atoms with E-state index in [2.05, 4.69) is 0 Å². The van der Waals surface area contributed by atoms with Crippen molar-refractivity contribution in [1.29, 1.82) is 0 Å². The maximum absolute atomic E-state index is 11.9. The molecule has 2 aliphatic rings. The summed E-state index contributed by atoms with van der Waals surface area (Å²) in [6.07, 6.45) is 1.96. The molecule has 2 unspecified atom stereocenters. The number of carbonyl (C=O) groups is 1. The number of ether oxygens (including phenoxy) is 1. The van der Waals surface area contributed by atoms with Crippen LogP contribution in [-0.4, -0.2) is 17.0 Å². The third-order valence-corrected chi connectivity index (χ3v) is 3.93. The number of allylic oxidation sites excluding steroid dienone is 1. The molecule has 13 heavy (non-hydrogen) atoms. The Balaban J connectivity index is 2.57. The number of Topliss-reactive ketones (excluding diaryl/α,β-unsaturated/α-hetero) is 1. The average molecular weight is 180 g/mol. The van der Waals surface area contributed by atoms with Gasteiger partial charge in [0.25, 0.3) is 0 Å². The van der Waals surface area contributed by atoms with Crippen LogP contribution >= 0.6 is 0 Å². The fourth-order valence-corrected chi connectivity index (χ4v) is 2.50. The van der Waals surface area contributed by atoms with Crippen molar-refractivity contribution in [2.24, 2.45) is 5.41 Å². The van der Waals surface area contributed by atoms with Gasteiger partial charge in [0.1, 0.15) is 11.2 Å². The number of hydrogen-bond donors (Lipinski definition) is 0. The molecule has 72 valence electrons. The lowest BCUT2D eigenvalue weighted by molar-refractivity contribution is -0.126. The van der Waals surface area contributed by atoms with Crippen LogP contribution < -0.4 is 0 Å². The van der Waals surface area contributed by atoms with Gasteiger partial charge in [-0.1, -0.05) is 0 Å². The van der Waals surface area contributed by atoms with Gasteiger partial charge in [-0.25, -0.2) is 0 Å². The second-order valence-corrected chi connectivity index (χ2v) is 5.02. The summed E-state index contributed by atoms with van der Waals surface area (Å²) in [5.74, 6) is 0.213. The van der Waals surface area contributed by atoms with Gasteiger partial charge in [0.15, 0.2) is 5.78 Å². The molecule has 0 aromatic rings. The van der Waals surface area contributed by atoms with E-state index < -0.39 is 0 Å². The first-order valence-electron chi connectivity index (χ1n) is 4.69. The van der Waals surface area contributed by atoms with Crippen LogP contribution in [0.5, 0.6) is 0 Å². The standard InChI is InChI=1S/C11H16O2/c1-7-6-10(4)11(5,13-10)9(2,3)8(7)12/h6H,1-5H3. The lowest BCUT2D eigenvalue weighted by Crippen LogP contribution is -2.45. The van der Waals surface area contributed by atoms with E-state index in [9.17, 15) is 4.79 Å². The van der Waals surface area contributed by atoms with Crippen LogP contribution in [0.25, 0.3) is 0 Å². The van der Waals surface area contributed by atoms with Gasteiger partial charge < -0.3 is 4.74 Å². The van der Waals surface area contributed by atoms with Crippen molar-refractivity contribution in [3.8, 4) is 0 Å². The lowest BCUT2D eigenvalue weighted by Gasteiger charge is -2.33. The van der Waals surface area contributed by atoms with Crippen LogP contribution in [0.15, 0.2) is 11.6 Å². The normalized spacial score (nSPS) is 46.8. The van der Waals surface area contributed by atoms with Gasteiger partial charge in [0.05, 0.1) is 5.41 Å². The van der Waals surface area contributed by atoms with Crippen molar-refractivity contribution in [2.45, 2.75) is 45.8 Å². The third-order valence-electron chi connectivity index (χ3n) is 3.93. The second-order valence-electron chi connectivity index (χ2n) is 5.02. The maximum atomic E-state index is 11.9. The van der Waals surface area contributed by atoms with Gasteiger partial charge in [-0.15, -0.1) is 0 Å². The minimum atomic E-state index is -0.388. The number of ketones is 1. The molecule has 0 N–H and O–H groups in total. The van der Waals surface area contributed by atoms with Gasteiger partial charge in [0, 0.05) is 0 Å². The topological polar surface area (TPSA) is 29.6 Å². The number of hydrogen-bond acceptors (Lipinski definition) is 2. The highest BCUT2D eigenvalue weighted by Crippen LogP contribution is 2.62. The average Bonchev–Trinajstić information content (AvgIpc) is 2.53. The van der Waals surface area contributed by atoms with E-state index in [0.717, 1.165) is 5.57 Å². The van der Waals surface area contributed by atoms with Crippen LogP contribution in [0.2, 0.25) is 0 Å². The minimum absolute atomic E-state index is 0.213. The summed E-state index contributed by atoms with van der Waals surface area (Å²) < 4.78 is 5.71. The highest BCUT2D eigenvalue weighted by atomic mass is 16.6. The third kappa shape index (κ3) is 0.755. The highest BCUT2D eigenvalue weighted by Gasteiger charge is 2.73. The number of epoxide rings is 1. The molecule has 0 radical (unpaired) electrons. The number of rotatable bonds is 0. The zero-order valence-corrected chi connectivity index (χ0v) is 8.89. The van der Waals surface area contributed by atoms with E-state index in [1.54, 1.807) is 0 Å². The van der Waals surface area contributed by atoms with E-state index in [0.29, 0.717) is 0 Å². The lowest BCUT2D eigenvalue weighted by atomic mass is 9.65. The molecule has 1 aliphatic carbocycles. The van der Waals surface area contributed by atoms with Gasteiger partial charge in [0.2, 0.25) is 0 Å². The Morgan fingerprint density at radius 1 is 1.23 bits per heavy atom. The molecule has 2 atom stereocenters. The predicted molar refractivity (Wildman–Crippen MR) is 50.4 cm³/mol. The second kappa shape index (κ2) is 1.90. The van der Waals surface area contributed by atoms with Gasteiger partial charge >= 0.3 is 0 Å². The molecule has 1 fully saturated rings. The van der Waals surface area contributed by atoms with Gasteiger partial charge in [-0.3, -0.25) is 4.79 Å². The molecule has 0 saturated carbocycles. The smallest absolute Gasteiger partial charge is 0.166 e. The van der Waals surface area contributed by atoms with Crippen molar-refractivity contribution in [2.75, 3.05) is 0 Å². The summed E-state index contributed by atoms with van der Waals surface area (Å²) in [7, 11) is 0. The monoisotopic (exact) mass is 180 g/mol. The molecule has 0 spiro atoms. The first-order chi connectivity index (χ1) is 5.75. The zero-order valence-electron chi connectivity index (χ0n) is 8.89. The Morgan fingerprint density at radius 2 is 1.77 bits per heavy atom. The van der Waals surface area contributed by atoms with Crippen LogP contribution in [0.4, 0.5) is 0 Å². The summed E-state index contributed by atoms with van der Waals surface area (Å²) in [4.78, 5) is 11.9. The molecule has 1 saturated heterocycles. The van der Waals surface area contributed by atoms with Crippen molar-refractivity contribution >= 4 is 5.78 Å². The van der Waals surface area contributed by atoms with Gasteiger partial charge in [-0.05, 0) is 46.3 Å². The fourth-order valence-electron chi connectivity index (χ4n) is 2.50. The van der Waals surface area contributed by atoms with E-state index in [4.69, 9.17) is 4.74 Å². The molecule has 2 heteroatoms. The zero-order chi connectivity index (χ0) is 10.1. The van der Waals surface area contributed by atoms with Gasteiger partial charge in [-0.2, -0.15) is 0 Å². The number of carbonyl (C=O) groups excluding carboxylic acids is 1. The Bertz CT molecular complexity index is 327. The summed E-state index contributed by atoms with van der Waals surface area (Å²) in [5, 5.41) is 0. The van der Waals surface area contributed by atoms with Crippen LogP contribution in [0.3, 0.4) is 0 Å². The van der Waals surface area contributed by atoms with Crippen LogP contribution in [0, 0.1) is 5.41 Å². The molecular weight excluding hydrogens is 164 g/mol. The molecule has 0 amide bonds. The van der Waals surface area contributed by atoms with E-state index >= 15 is 0 Å². The van der Waals surface area contributed by atoms with E-state index in [1.165, 1.54) is 0 Å². The SMILES string of the molecule is CC1=CC2(C)OC2(C)C(C)(C)C1=O. The predicted octanol–water partition coefficient (Wildman–Crippen LogP) is 2.09. The Morgan fingerprint density at radius 3 is 2.31 bits per heavy atom. The number of fused-ring (bicyclic) bond motifs is 1. The van der Waals surface area contributed by atoms with Crippen molar-refractivity contribution in [1.82, 2.24) is 0 Å². The molecular formula is C11H16O2. The Kier molecular flexibility index (Phi) is 1.31. The minimum Gasteiger partial charge on any atom is -0.358 e. The first kappa shape index (κ1) is 8.95.